The van der Waals surface area contributed by atoms with Crippen LogP contribution in [0.4, 0.5) is 10.1 Å². The largest absolute Gasteiger partial charge is 0.306 e. The van der Waals surface area contributed by atoms with Gasteiger partial charge in [-0.1, -0.05) is 27.7 Å². The van der Waals surface area contributed by atoms with Crippen LogP contribution in [0.25, 0.3) is 0 Å². The average Bonchev–Trinajstić information content (AvgIpc) is 2.34. The van der Waals surface area contributed by atoms with Gasteiger partial charge in [-0.25, -0.2) is 0 Å². The van der Waals surface area contributed by atoms with Crippen LogP contribution in [0.3, 0.4) is 0 Å². The molecule has 0 fully saturated rings. The monoisotopic (exact) mass is 226 g/mol. The fraction of sp³-hybridized carbons (Fsp3) is 0.364. The van der Waals surface area contributed by atoms with Gasteiger partial charge in [0, 0.05) is 6.07 Å². The summed E-state index contributed by atoms with van der Waals surface area (Å²) >= 11 is 0. The van der Waals surface area contributed by atoms with Gasteiger partial charge in [0.2, 0.25) is 5.82 Å². The van der Waals surface area contributed by atoms with E-state index in [-0.39, 0.29) is 5.56 Å². The molecule has 0 aliphatic carbocycles. The van der Waals surface area contributed by atoms with Crippen LogP contribution < -0.4 is 0 Å². The Morgan fingerprint density at radius 1 is 1.31 bits per heavy atom. The van der Waals surface area contributed by atoms with E-state index >= 15 is 0 Å². The van der Waals surface area contributed by atoms with Crippen LogP contribution in [0.2, 0.25) is 0 Å². The zero-order chi connectivity index (χ0) is 13.1. The van der Waals surface area contributed by atoms with Crippen molar-refractivity contribution >= 4 is 5.69 Å². The summed E-state index contributed by atoms with van der Waals surface area (Å²) < 4.78 is 12.6. The standard InChI is InChI=1S/C7H3FN2O2.2C2H6/c8-6-2-1-5(4-9)3-7(6)10(11)12;2*1-2/h1-3H;2*1-2H3. The summed E-state index contributed by atoms with van der Waals surface area (Å²) in [5, 5.41) is 18.5. The highest BCUT2D eigenvalue weighted by atomic mass is 19.1. The second kappa shape index (κ2) is 9.59. The molecule has 0 N–H and O–H groups in total. The first kappa shape index (κ1) is 16.5. The van der Waals surface area contributed by atoms with Crippen molar-refractivity contribution in [3.63, 3.8) is 0 Å². The van der Waals surface area contributed by atoms with Gasteiger partial charge in [0.1, 0.15) is 0 Å². The summed E-state index contributed by atoms with van der Waals surface area (Å²) in [4.78, 5) is 9.28. The lowest BCUT2D eigenvalue weighted by molar-refractivity contribution is -0.387. The van der Waals surface area contributed by atoms with Crippen LogP contribution in [0.15, 0.2) is 18.2 Å². The van der Waals surface area contributed by atoms with Crippen molar-refractivity contribution in [3.8, 4) is 6.07 Å². The number of halogens is 1. The van der Waals surface area contributed by atoms with Crippen molar-refractivity contribution in [3.05, 3.63) is 39.7 Å². The normalized spacial score (nSPS) is 7.50. The molecule has 1 aromatic carbocycles. The van der Waals surface area contributed by atoms with Crippen LogP contribution in [-0.4, -0.2) is 4.92 Å². The first-order valence-corrected chi connectivity index (χ1v) is 4.99. The fourth-order valence-electron chi connectivity index (χ4n) is 0.722. The molecule has 1 rings (SSSR count). The predicted octanol–water partition coefficient (Wildman–Crippen LogP) is 3.66. The fourth-order valence-corrected chi connectivity index (χ4v) is 0.722. The summed E-state index contributed by atoms with van der Waals surface area (Å²) in [5.74, 6) is -0.931. The second-order valence-electron chi connectivity index (χ2n) is 2.04. The van der Waals surface area contributed by atoms with Gasteiger partial charge in [0.25, 0.3) is 0 Å². The van der Waals surface area contributed by atoms with Crippen LogP contribution in [0, 0.1) is 27.3 Å². The Hall–Kier alpha value is -1.96. The molecule has 5 heteroatoms. The molecule has 0 heterocycles. The molecule has 0 saturated heterocycles. The molecule has 0 radical (unpaired) electrons. The molecule has 0 bridgehead atoms. The second-order valence-corrected chi connectivity index (χ2v) is 2.04. The number of nitro benzene ring substituents is 1. The van der Waals surface area contributed by atoms with Gasteiger partial charge in [-0.3, -0.25) is 10.1 Å². The average molecular weight is 226 g/mol. The van der Waals surface area contributed by atoms with Crippen molar-refractivity contribution in [2.24, 2.45) is 0 Å². The Labute approximate surface area is 94.5 Å². The molecule has 0 aliphatic heterocycles. The van der Waals surface area contributed by atoms with Gasteiger partial charge >= 0.3 is 5.69 Å². The third kappa shape index (κ3) is 5.05. The highest BCUT2D eigenvalue weighted by molar-refractivity contribution is 5.41. The van der Waals surface area contributed by atoms with Crippen LogP contribution >= 0.6 is 0 Å². The zero-order valence-electron chi connectivity index (χ0n) is 9.82. The maximum atomic E-state index is 12.6. The molecule has 1 aromatic rings. The molecule has 0 saturated carbocycles. The van der Waals surface area contributed by atoms with Crippen LogP contribution in [-0.2, 0) is 0 Å². The smallest absolute Gasteiger partial charge is 0.258 e. The lowest BCUT2D eigenvalue weighted by atomic mass is 10.2. The van der Waals surface area contributed by atoms with Gasteiger partial charge in [0.05, 0.1) is 16.6 Å². The highest BCUT2D eigenvalue weighted by Crippen LogP contribution is 2.17. The predicted molar refractivity (Wildman–Crippen MR) is 60.5 cm³/mol. The summed E-state index contributed by atoms with van der Waals surface area (Å²) in [6, 6.07) is 4.66. The lowest BCUT2D eigenvalue weighted by Crippen LogP contribution is -1.92. The zero-order valence-corrected chi connectivity index (χ0v) is 9.82. The molecular weight excluding hydrogens is 211 g/mol. The number of hydrogen-bond acceptors (Lipinski definition) is 3. The molecule has 0 aliphatic rings. The van der Waals surface area contributed by atoms with E-state index in [9.17, 15) is 14.5 Å². The summed E-state index contributed by atoms with van der Waals surface area (Å²) in [7, 11) is 0. The number of hydrogen-bond donors (Lipinski definition) is 0. The Morgan fingerprint density at radius 2 is 1.81 bits per heavy atom. The molecule has 88 valence electrons. The molecule has 0 unspecified atom stereocenters. The van der Waals surface area contributed by atoms with Gasteiger partial charge < -0.3 is 0 Å². The highest BCUT2D eigenvalue weighted by Gasteiger charge is 2.13. The SMILES string of the molecule is CC.CC.N#Cc1ccc(F)c([N+](=O)[O-])c1. The van der Waals surface area contributed by atoms with E-state index < -0.39 is 16.4 Å². The number of nitriles is 1. The third-order valence-corrected chi connectivity index (χ3v) is 1.27. The molecule has 4 nitrogen and oxygen atoms in total. The first-order valence-electron chi connectivity index (χ1n) is 4.99. The van der Waals surface area contributed by atoms with Crippen molar-refractivity contribution in [1.82, 2.24) is 0 Å². The van der Waals surface area contributed by atoms with Crippen molar-refractivity contribution in [2.75, 3.05) is 0 Å². The molecule has 16 heavy (non-hydrogen) atoms. The Morgan fingerprint density at radius 3 is 2.19 bits per heavy atom. The van der Waals surface area contributed by atoms with E-state index in [0.29, 0.717) is 0 Å². The van der Waals surface area contributed by atoms with Crippen molar-refractivity contribution < 1.29 is 9.31 Å². The lowest BCUT2D eigenvalue weighted by Gasteiger charge is -1.92. The minimum absolute atomic E-state index is 0.0723. The van der Waals surface area contributed by atoms with Gasteiger partial charge in [0.15, 0.2) is 0 Å². The minimum atomic E-state index is -0.931. The van der Waals surface area contributed by atoms with E-state index in [1.165, 1.54) is 6.07 Å². The molecule has 0 amide bonds. The van der Waals surface area contributed by atoms with E-state index in [0.717, 1.165) is 12.1 Å². The Balaban J connectivity index is 0. The van der Waals surface area contributed by atoms with E-state index in [1.54, 1.807) is 6.07 Å². The van der Waals surface area contributed by atoms with Gasteiger partial charge in [-0.15, -0.1) is 0 Å². The topological polar surface area (TPSA) is 66.9 Å². The maximum absolute atomic E-state index is 12.6. The van der Waals surface area contributed by atoms with E-state index in [2.05, 4.69) is 0 Å². The van der Waals surface area contributed by atoms with Crippen LogP contribution in [0.5, 0.6) is 0 Å². The van der Waals surface area contributed by atoms with Gasteiger partial charge in [-0.05, 0) is 12.1 Å². The minimum Gasteiger partial charge on any atom is -0.258 e. The van der Waals surface area contributed by atoms with E-state index in [1.807, 2.05) is 27.7 Å². The van der Waals surface area contributed by atoms with Crippen molar-refractivity contribution in [1.29, 1.82) is 5.26 Å². The third-order valence-electron chi connectivity index (χ3n) is 1.27. The summed E-state index contributed by atoms with van der Waals surface area (Å²) in [6.45, 7) is 8.00. The number of rotatable bonds is 1. The first-order chi connectivity index (χ1) is 7.65. The van der Waals surface area contributed by atoms with Crippen molar-refractivity contribution in [2.45, 2.75) is 27.7 Å². The summed E-state index contributed by atoms with van der Waals surface area (Å²) in [6.07, 6.45) is 0. The maximum Gasteiger partial charge on any atom is 0.306 e. The quantitative estimate of drug-likeness (QED) is 0.542. The number of nitro groups is 1. The van der Waals surface area contributed by atoms with E-state index in [4.69, 9.17) is 5.26 Å². The van der Waals surface area contributed by atoms with Gasteiger partial charge in [-0.2, -0.15) is 9.65 Å². The Bertz CT molecular complexity index is 373. The van der Waals surface area contributed by atoms with Crippen LogP contribution in [0.1, 0.15) is 33.3 Å². The molecule has 0 aromatic heterocycles. The summed E-state index contributed by atoms with van der Waals surface area (Å²) in [5.41, 5.74) is -0.600. The molecule has 0 spiro atoms. The number of benzene rings is 1. The molecule has 0 atom stereocenters. The number of nitrogens with zero attached hydrogens (tertiary/aromatic N) is 2. The Kier molecular flexibility index (Phi) is 9.87. The molecular formula is C11H15FN2O2.